The van der Waals surface area contributed by atoms with Gasteiger partial charge in [0.15, 0.2) is 5.82 Å². The Balaban J connectivity index is 2.37. The van der Waals surface area contributed by atoms with Gasteiger partial charge in [-0.15, -0.1) is 0 Å². The van der Waals surface area contributed by atoms with Gasteiger partial charge in [0.05, 0.1) is 24.5 Å². The third-order valence-corrected chi connectivity index (χ3v) is 1.86. The van der Waals surface area contributed by atoms with Gasteiger partial charge in [-0.1, -0.05) is 0 Å². The van der Waals surface area contributed by atoms with E-state index < -0.39 is 6.10 Å². The van der Waals surface area contributed by atoms with Gasteiger partial charge in [-0.25, -0.2) is 4.98 Å². The predicted octanol–water partition coefficient (Wildman–Crippen LogP) is 0.285. The lowest BCUT2D eigenvalue weighted by molar-refractivity contribution is 0.164. The second-order valence-electron chi connectivity index (χ2n) is 2.77. The maximum Gasteiger partial charge on any atom is 0.154 e. The fraction of sp³-hybridized carbons (Fsp3) is 0.429. The van der Waals surface area contributed by atoms with Gasteiger partial charge in [0.25, 0.3) is 0 Å². The molecule has 5 nitrogen and oxygen atoms in total. The Bertz CT molecular complexity index is 304. The number of hydrogen-bond acceptors (Lipinski definition) is 4. The zero-order valence-electron chi connectivity index (χ0n) is 6.65. The lowest BCUT2D eigenvalue weighted by Gasteiger charge is -2.18. The molecular formula is C7H10N4O. The zero-order chi connectivity index (χ0) is 8.55. The Morgan fingerprint density at radius 3 is 3.25 bits per heavy atom. The Kier molecular flexibility index (Phi) is 1.58. The van der Waals surface area contributed by atoms with Crippen molar-refractivity contribution in [3.8, 4) is 0 Å². The van der Waals surface area contributed by atoms with Crippen LogP contribution in [0.1, 0.15) is 18.7 Å². The number of imidazole rings is 1. The molecule has 12 heavy (non-hydrogen) atoms. The number of rotatable bonds is 1. The third kappa shape index (κ3) is 0.984. The number of nitrogens with one attached hydrogen (secondary N) is 2. The molecule has 5 heteroatoms. The first-order chi connectivity index (χ1) is 5.79. The fourth-order valence-corrected chi connectivity index (χ4v) is 1.26. The first-order valence-electron chi connectivity index (χ1n) is 3.78. The number of aliphatic hydroxyl groups is 1. The van der Waals surface area contributed by atoms with Crippen molar-refractivity contribution in [1.82, 2.24) is 9.97 Å². The van der Waals surface area contributed by atoms with E-state index in [1.807, 2.05) is 0 Å². The summed E-state index contributed by atoms with van der Waals surface area (Å²) < 4.78 is 0. The minimum Gasteiger partial charge on any atom is -0.391 e. The molecule has 2 atom stereocenters. The van der Waals surface area contributed by atoms with Crippen molar-refractivity contribution in [2.24, 2.45) is 4.99 Å². The molecule has 2 heterocycles. The molecule has 1 aliphatic heterocycles. The van der Waals surface area contributed by atoms with Gasteiger partial charge in [0, 0.05) is 0 Å². The number of aromatic nitrogens is 2. The van der Waals surface area contributed by atoms with E-state index in [-0.39, 0.29) is 6.04 Å². The second-order valence-corrected chi connectivity index (χ2v) is 2.77. The third-order valence-electron chi connectivity index (χ3n) is 1.86. The van der Waals surface area contributed by atoms with Gasteiger partial charge in [0.1, 0.15) is 6.04 Å². The molecule has 3 N–H and O–H groups in total. The summed E-state index contributed by atoms with van der Waals surface area (Å²) in [6.45, 7) is 1.71. The van der Waals surface area contributed by atoms with Crippen molar-refractivity contribution in [3.05, 3.63) is 12.0 Å². The summed E-state index contributed by atoms with van der Waals surface area (Å²) in [5.74, 6) is 0.746. The summed E-state index contributed by atoms with van der Waals surface area (Å²) in [4.78, 5) is 11.0. The van der Waals surface area contributed by atoms with Crippen molar-refractivity contribution >= 4 is 12.2 Å². The van der Waals surface area contributed by atoms with Crippen LogP contribution >= 0.6 is 0 Å². The summed E-state index contributed by atoms with van der Waals surface area (Å²) in [6.07, 6.45) is 2.64. The molecule has 0 fully saturated rings. The Morgan fingerprint density at radius 1 is 1.67 bits per heavy atom. The van der Waals surface area contributed by atoms with Crippen LogP contribution in [0.5, 0.6) is 0 Å². The summed E-state index contributed by atoms with van der Waals surface area (Å²) in [5.41, 5.74) is 0.840. The largest absolute Gasteiger partial charge is 0.391 e. The summed E-state index contributed by atoms with van der Waals surface area (Å²) in [7, 11) is 0. The highest BCUT2D eigenvalue weighted by Gasteiger charge is 2.23. The van der Waals surface area contributed by atoms with Crippen LogP contribution in [0.3, 0.4) is 0 Å². The van der Waals surface area contributed by atoms with Gasteiger partial charge in [0.2, 0.25) is 0 Å². The molecule has 0 amide bonds. The number of H-pyrrole nitrogens is 1. The molecule has 0 aliphatic carbocycles. The fourth-order valence-electron chi connectivity index (χ4n) is 1.26. The standard InChI is InChI=1S/C7H10N4O/c1-4(12)5-6-7(10-2-8-5)11-3-9-6/h2-5,12H,1H3,(H,8,10)(H,9,11). The van der Waals surface area contributed by atoms with Crippen LogP contribution in [0, 0.1) is 0 Å². The summed E-state index contributed by atoms with van der Waals surface area (Å²) in [6, 6.07) is -0.219. The number of aromatic amines is 1. The average Bonchev–Trinajstić information content (AvgIpc) is 2.49. The number of hydrogen-bond donors (Lipinski definition) is 3. The molecule has 0 saturated heterocycles. The molecule has 2 unspecified atom stereocenters. The SMILES string of the molecule is CC(O)C1N=CNc2nc[nH]c21. The highest BCUT2D eigenvalue weighted by Crippen LogP contribution is 2.27. The molecule has 0 spiro atoms. The molecule has 64 valence electrons. The van der Waals surface area contributed by atoms with E-state index in [1.165, 1.54) is 0 Å². The Morgan fingerprint density at radius 2 is 2.50 bits per heavy atom. The lowest BCUT2D eigenvalue weighted by Crippen LogP contribution is -2.19. The van der Waals surface area contributed by atoms with Gasteiger partial charge in [-0.3, -0.25) is 4.99 Å². The smallest absolute Gasteiger partial charge is 0.154 e. The van der Waals surface area contributed by atoms with Crippen LogP contribution in [0.15, 0.2) is 11.3 Å². The number of fused-ring (bicyclic) bond motifs is 1. The minimum atomic E-state index is -0.498. The monoisotopic (exact) mass is 166 g/mol. The van der Waals surface area contributed by atoms with E-state index in [0.29, 0.717) is 0 Å². The zero-order valence-corrected chi connectivity index (χ0v) is 6.65. The van der Waals surface area contributed by atoms with Crippen LogP contribution in [0.2, 0.25) is 0 Å². The Hall–Kier alpha value is -1.36. The number of aliphatic hydroxyl groups excluding tert-OH is 1. The maximum absolute atomic E-state index is 9.35. The normalized spacial score (nSPS) is 23.0. The van der Waals surface area contributed by atoms with Gasteiger partial charge in [-0.05, 0) is 6.92 Å². The molecule has 1 aliphatic rings. The van der Waals surface area contributed by atoms with Gasteiger partial charge in [-0.2, -0.15) is 0 Å². The number of aliphatic imine (C=N–C) groups is 1. The molecule has 1 aromatic rings. The van der Waals surface area contributed by atoms with Gasteiger partial charge < -0.3 is 15.4 Å². The maximum atomic E-state index is 9.35. The van der Waals surface area contributed by atoms with Crippen molar-refractivity contribution in [1.29, 1.82) is 0 Å². The van der Waals surface area contributed by atoms with Crippen LogP contribution in [0.25, 0.3) is 0 Å². The predicted molar refractivity (Wildman–Crippen MR) is 45.1 cm³/mol. The number of nitrogens with zero attached hydrogens (tertiary/aromatic N) is 2. The molecule has 1 aromatic heterocycles. The lowest BCUT2D eigenvalue weighted by atomic mass is 10.1. The molecular weight excluding hydrogens is 156 g/mol. The second kappa shape index (κ2) is 2.60. The molecule has 0 radical (unpaired) electrons. The van der Waals surface area contributed by atoms with Crippen LogP contribution < -0.4 is 5.32 Å². The van der Waals surface area contributed by atoms with Crippen LogP contribution in [-0.2, 0) is 0 Å². The molecule has 0 aromatic carbocycles. The topological polar surface area (TPSA) is 73.3 Å². The van der Waals surface area contributed by atoms with E-state index in [9.17, 15) is 5.11 Å². The van der Waals surface area contributed by atoms with Crippen molar-refractivity contribution in [3.63, 3.8) is 0 Å². The van der Waals surface area contributed by atoms with E-state index in [1.54, 1.807) is 19.6 Å². The summed E-state index contributed by atoms with van der Waals surface area (Å²) >= 11 is 0. The minimum absolute atomic E-state index is 0.219. The Labute approximate surface area is 69.6 Å². The average molecular weight is 166 g/mol. The molecule has 0 bridgehead atoms. The quantitative estimate of drug-likeness (QED) is 0.561. The van der Waals surface area contributed by atoms with E-state index in [0.717, 1.165) is 11.5 Å². The first-order valence-corrected chi connectivity index (χ1v) is 3.78. The molecule has 2 rings (SSSR count). The summed E-state index contributed by atoms with van der Waals surface area (Å²) in [5, 5.41) is 12.2. The molecule has 0 saturated carbocycles. The highest BCUT2D eigenvalue weighted by atomic mass is 16.3. The van der Waals surface area contributed by atoms with Crippen LogP contribution in [0.4, 0.5) is 5.82 Å². The van der Waals surface area contributed by atoms with Crippen molar-refractivity contribution < 1.29 is 5.11 Å². The van der Waals surface area contributed by atoms with Crippen molar-refractivity contribution in [2.45, 2.75) is 19.1 Å². The van der Waals surface area contributed by atoms with Crippen molar-refractivity contribution in [2.75, 3.05) is 5.32 Å². The van der Waals surface area contributed by atoms with E-state index in [2.05, 4.69) is 20.3 Å². The van der Waals surface area contributed by atoms with E-state index >= 15 is 0 Å². The first kappa shape index (κ1) is 7.30. The van der Waals surface area contributed by atoms with E-state index in [4.69, 9.17) is 0 Å². The number of anilines is 1. The van der Waals surface area contributed by atoms with Crippen LogP contribution in [-0.4, -0.2) is 27.5 Å². The highest BCUT2D eigenvalue weighted by molar-refractivity contribution is 5.77. The van der Waals surface area contributed by atoms with Gasteiger partial charge >= 0.3 is 0 Å².